The first-order chi connectivity index (χ1) is 8.05. The van der Waals surface area contributed by atoms with Crippen LogP contribution < -0.4 is 16.2 Å². The number of nitrogen functional groups attached to an aromatic ring is 1. The van der Waals surface area contributed by atoms with Gasteiger partial charge in [0.2, 0.25) is 5.91 Å². The third kappa shape index (κ3) is 2.20. The van der Waals surface area contributed by atoms with E-state index in [-0.39, 0.29) is 11.3 Å². The summed E-state index contributed by atoms with van der Waals surface area (Å²) in [6.45, 7) is 4.81. The molecule has 1 aromatic carbocycles. The number of amides is 1. The van der Waals surface area contributed by atoms with Gasteiger partial charge in [-0.2, -0.15) is 0 Å². The molecule has 17 heavy (non-hydrogen) atoms. The van der Waals surface area contributed by atoms with Crippen molar-refractivity contribution in [2.24, 2.45) is 5.41 Å². The number of nitrogens with one attached hydrogen (secondary N) is 1. The number of carbonyl (C=O) groups is 1. The van der Waals surface area contributed by atoms with Gasteiger partial charge in [-0.25, -0.2) is 0 Å². The number of anilines is 2. The standard InChI is InChI=1S/C13H19N3O/c1-3-7-13(2)9-16(15-12(13)17)11-6-4-5-10(14)8-11/h4-6,8H,3,7,9,14H2,1-2H3,(H,15,17). The van der Waals surface area contributed by atoms with Crippen LogP contribution in [0.4, 0.5) is 11.4 Å². The van der Waals surface area contributed by atoms with Crippen LogP contribution in [0.25, 0.3) is 0 Å². The lowest BCUT2D eigenvalue weighted by Crippen LogP contribution is -2.33. The number of hydrazine groups is 1. The van der Waals surface area contributed by atoms with Crippen molar-refractivity contribution in [1.82, 2.24) is 5.43 Å². The largest absolute Gasteiger partial charge is 0.399 e. The maximum atomic E-state index is 12.0. The summed E-state index contributed by atoms with van der Waals surface area (Å²) in [6, 6.07) is 7.56. The fraction of sp³-hybridized carbons (Fsp3) is 0.462. The summed E-state index contributed by atoms with van der Waals surface area (Å²) in [4.78, 5) is 12.0. The molecule has 1 saturated heterocycles. The summed E-state index contributed by atoms with van der Waals surface area (Å²) in [5.74, 6) is 0.0989. The van der Waals surface area contributed by atoms with E-state index < -0.39 is 0 Å². The second-order valence-electron chi connectivity index (χ2n) is 4.93. The van der Waals surface area contributed by atoms with Crippen LogP contribution in [-0.4, -0.2) is 12.5 Å². The van der Waals surface area contributed by atoms with Gasteiger partial charge in [0.25, 0.3) is 0 Å². The summed E-state index contributed by atoms with van der Waals surface area (Å²) in [7, 11) is 0. The van der Waals surface area contributed by atoms with Gasteiger partial charge in [-0.15, -0.1) is 0 Å². The van der Waals surface area contributed by atoms with Crippen LogP contribution in [-0.2, 0) is 4.79 Å². The van der Waals surface area contributed by atoms with Crippen molar-refractivity contribution in [3.05, 3.63) is 24.3 Å². The number of carbonyl (C=O) groups excluding carboxylic acids is 1. The highest BCUT2D eigenvalue weighted by Gasteiger charge is 2.41. The summed E-state index contributed by atoms with van der Waals surface area (Å²) in [6.07, 6.45) is 1.91. The molecule has 4 nitrogen and oxygen atoms in total. The second-order valence-corrected chi connectivity index (χ2v) is 4.93. The van der Waals surface area contributed by atoms with Crippen LogP contribution in [0.1, 0.15) is 26.7 Å². The second kappa shape index (κ2) is 4.28. The SMILES string of the molecule is CCCC1(C)CN(c2cccc(N)c2)NC1=O. The van der Waals surface area contributed by atoms with Gasteiger partial charge in [0, 0.05) is 5.69 Å². The lowest BCUT2D eigenvalue weighted by Gasteiger charge is -2.21. The van der Waals surface area contributed by atoms with E-state index in [4.69, 9.17) is 5.73 Å². The number of nitrogens with two attached hydrogens (primary N) is 1. The molecular weight excluding hydrogens is 214 g/mol. The van der Waals surface area contributed by atoms with Crippen LogP contribution in [0.2, 0.25) is 0 Å². The molecule has 0 spiro atoms. The highest BCUT2D eigenvalue weighted by molar-refractivity contribution is 5.87. The topological polar surface area (TPSA) is 58.4 Å². The third-order valence-corrected chi connectivity index (χ3v) is 3.28. The number of benzene rings is 1. The molecule has 3 N–H and O–H groups in total. The summed E-state index contributed by atoms with van der Waals surface area (Å²) in [5, 5.41) is 1.88. The molecular formula is C13H19N3O. The van der Waals surface area contributed by atoms with E-state index in [1.165, 1.54) is 0 Å². The maximum absolute atomic E-state index is 12.0. The Hall–Kier alpha value is -1.71. The van der Waals surface area contributed by atoms with Gasteiger partial charge in [0.05, 0.1) is 17.6 Å². The highest BCUT2D eigenvalue weighted by atomic mass is 16.2. The van der Waals surface area contributed by atoms with Crippen molar-refractivity contribution in [2.75, 3.05) is 17.3 Å². The lowest BCUT2D eigenvalue weighted by molar-refractivity contribution is -0.126. The lowest BCUT2D eigenvalue weighted by atomic mass is 9.86. The Balaban J connectivity index is 2.19. The summed E-state index contributed by atoms with van der Waals surface area (Å²) < 4.78 is 0. The Labute approximate surface area is 102 Å². The molecule has 92 valence electrons. The van der Waals surface area contributed by atoms with Crippen LogP contribution >= 0.6 is 0 Å². The Morgan fingerprint density at radius 1 is 1.53 bits per heavy atom. The Kier molecular flexibility index (Phi) is 2.96. The van der Waals surface area contributed by atoms with E-state index in [0.29, 0.717) is 12.2 Å². The number of hydrogen-bond donors (Lipinski definition) is 2. The molecule has 1 atom stereocenters. The predicted molar refractivity (Wildman–Crippen MR) is 69.4 cm³/mol. The number of hydrogen-bond acceptors (Lipinski definition) is 3. The molecule has 0 radical (unpaired) electrons. The van der Waals surface area contributed by atoms with E-state index in [9.17, 15) is 4.79 Å². The van der Waals surface area contributed by atoms with Gasteiger partial charge in [-0.3, -0.25) is 15.2 Å². The van der Waals surface area contributed by atoms with Gasteiger partial charge in [0.15, 0.2) is 0 Å². The van der Waals surface area contributed by atoms with Crippen molar-refractivity contribution in [1.29, 1.82) is 0 Å². The first-order valence-corrected chi connectivity index (χ1v) is 5.99. The molecule has 2 rings (SSSR count). The first-order valence-electron chi connectivity index (χ1n) is 5.99. The molecule has 1 aromatic rings. The molecule has 0 saturated carbocycles. The van der Waals surface area contributed by atoms with Gasteiger partial charge in [-0.1, -0.05) is 19.4 Å². The Bertz CT molecular complexity index is 432. The molecule has 4 heteroatoms. The van der Waals surface area contributed by atoms with Gasteiger partial charge >= 0.3 is 0 Å². The van der Waals surface area contributed by atoms with E-state index >= 15 is 0 Å². The normalized spacial score (nSPS) is 23.9. The van der Waals surface area contributed by atoms with E-state index in [2.05, 4.69) is 12.3 Å². The zero-order valence-electron chi connectivity index (χ0n) is 10.4. The smallest absolute Gasteiger partial charge is 0.246 e. The van der Waals surface area contributed by atoms with Crippen molar-refractivity contribution < 1.29 is 4.79 Å². The third-order valence-electron chi connectivity index (χ3n) is 3.28. The molecule has 0 bridgehead atoms. The minimum absolute atomic E-state index is 0.0989. The molecule has 0 aromatic heterocycles. The molecule has 1 fully saturated rings. The zero-order valence-corrected chi connectivity index (χ0v) is 10.4. The Morgan fingerprint density at radius 3 is 2.94 bits per heavy atom. The van der Waals surface area contributed by atoms with Gasteiger partial charge in [-0.05, 0) is 31.5 Å². The van der Waals surface area contributed by atoms with Crippen molar-refractivity contribution in [2.45, 2.75) is 26.7 Å². The maximum Gasteiger partial charge on any atom is 0.246 e. The average molecular weight is 233 g/mol. The van der Waals surface area contributed by atoms with Crippen LogP contribution in [0.5, 0.6) is 0 Å². The molecule has 1 unspecified atom stereocenters. The fourth-order valence-corrected chi connectivity index (χ4v) is 2.31. The summed E-state index contributed by atoms with van der Waals surface area (Å²) >= 11 is 0. The summed E-state index contributed by atoms with van der Waals surface area (Å²) in [5.41, 5.74) is 10.0. The van der Waals surface area contributed by atoms with E-state index in [1.54, 1.807) is 0 Å². The predicted octanol–water partition coefficient (Wildman–Crippen LogP) is 1.93. The number of rotatable bonds is 3. The minimum Gasteiger partial charge on any atom is -0.399 e. The number of nitrogens with zero attached hydrogens (tertiary/aromatic N) is 1. The highest BCUT2D eigenvalue weighted by Crippen LogP contribution is 2.32. The first kappa shape index (κ1) is 11.8. The van der Waals surface area contributed by atoms with Crippen LogP contribution in [0.15, 0.2) is 24.3 Å². The van der Waals surface area contributed by atoms with E-state index in [0.717, 1.165) is 18.5 Å². The van der Waals surface area contributed by atoms with Gasteiger partial charge < -0.3 is 5.73 Å². The zero-order chi connectivity index (χ0) is 12.5. The van der Waals surface area contributed by atoms with Crippen molar-refractivity contribution in [3.63, 3.8) is 0 Å². The van der Waals surface area contributed by atoms with E-state index in [1.807, 2.05) is 36.2 Å². The van der Waals surface area contributed by atoms with Crippen LogP contribution in [0, 0.1) is 5.41 Å². The molecule has 0 aliphatic carbocycles. The van der Waals surface area contributed by atoms with Crippen LogP contribution in [0.3, 0.4) is 0 Å². The Morgan fingerprint density at radius 2 is 2.29 bits per heavy atom. The monoisotopic (exact) mass is 233 g/mol. The molecule has 1 aliphatic heterocycles. The van der Waals surface area contributed by atoms with Crippen molar-refractivity contribution in [3.8, 4) is 0 Å². The van der Waals surface area contributed by atoms with Crippen molar-refractivity contribution >= 4 is 17.3 Å². The molecule has 1 amide bonds. The molecule has 1 heterocycles. The molecule has 1 aliphatic rings. The fourth-order valence-electron chi connectivity index (χ4n) is 2.31. The minimum atomic E-state index is -0.292. The van der Waals surface area contributed by atoms with Gasteiger partial charge in [0.1, 0.15) is 0 Å². The average Bonchev–Trinajstić information content (AvgIpc) is 2.56. The quantitative estimate of drug-likeness (QED) is 0.784.